The summed E-state index contributed by atoms with van der Waals surface area (Å²) in [6.45, 7) is 0. The summed E-state index contributed by atoms with van der Waals surface area (Å²) >= 11 is 0. The summed E-state index contributed by atoms with van der Waals surface area (Å²) in [5.74, 6) is -1.84. The van der Waals surface area contributed by atoms with Crippen LogP contribution < -0.4 is 5.48 Å². The molecule has 0 saturated carbocycles. The van der Waals surface area contributed by atoms with Crippen molar-refractivity contribution < 1.29 is 14.8 Å². The zero-order chi connectivity index (χ0) is 10.4. The normalized spacial score (nSPS) is 10.1. The number of ketones is 1. The number of hydrogen-bond acceptors (Lipinski definition) is 3. The summed E-state index contributed by atoms with van der Waals surface area (Å²) in [5, 5.41) is 8.15. The highest BCUT2D eigenvalue weighted by molar-refractivity contribution is 6.41. The molecule has 2 N–H and O–H groups in total. The van der Waals surface area contributed by atoms with Crippen LogP contribution in [-0.4, -0.2) is 16.9 Å². The van der Waals surface area contributed by atoms with Crippen molar-refractivity contribution >= 4 is 17.8 Å². The van der Waals surface area contributed by atoms with Crippen molar-refractivity contribution in [2.75, 3.05) is 0 Å². The van der Waals surface area contributed by atoms with E-state index in [2.05, 4.69) is 0 Å². The molecule has 1 rings (SSSR count). The third-order valence-electron chi connectivity index (χ3n) is 1.55. The van der Waals surface area contributed by atoms with Crippen LogP contribution in [0, 0.1) is 0 Å². The Morgan fingerprint density at radius 1 is 1.21 bits per heavy atom. The van der Waals surface area contributed by atoms with Gasteiger partial charge in [-0.05, 0) is 11.6 Å². The Morgan fingerprint density at radius 3 is 2.43 bits per heavy atom. The van der Waals surface area contributed by atoms with Crippen LogP contribution in [0.25, 0.3) is 6.08 Å². The first-order valence-corrected chi connectivity index (χ1v) is 3.95. The largest absolute Gasteiger partial charge is 0.315 e. The minimum atomic E-state index is -1.04. The first-order chi connectivity index (χ1) is 6.74. The second kappa shape index (κ2) is 4.94. The van der Waals surface area contributed by atoms with Gasteiger partial charge in [-0.15, -0.1) is 0 Å². The van der Waals surface area contributed by atoms with Gasteiger partial charge >= 0.3 is 5.91 Å². The van der Waals surface area contributed by atoms with Crippen LogP contribution in [0.15, 0.2) is 36.4 Å². The molecule has 0 atom stereocenters. The molecule has 4 heteroatoms. The molecule has 14 heavy (non-hydrogen) atoms. The van der Waals surface area contributed by atoms with E-state index in [1.54, 1.807) is 12.1 Å². The zero-order valence-corrected chi connectivity index (χ0v) is 7.31. The number of nitrogens with one attached hydrogen (secondary N) is 1. The molecule has 1 aromatic rings. The van der Waals surface area contributed by atoms with Gasteiger partial charge in [0.25, 0.3) is 0 Å². The van der Waals surface area contributed by atoms with E-state index in [0.717, 1.165) is 11.6 Å². The number of rotatable bonds is 3. The van der Waals surface area contributed by atoms with E-state index in [9.17, 15) is 9.59 Å². The Kier molecular flexibility index (Phi) is 3.58. The fraction of sp³-hybridized carbons (Fsp3) is 0. The standard InChI is InChI=1S/C10H9NO3/c12-9(10(13)11-14)7-6-8-4-2-1-3-5-8/h1-7,14H,(H,11,13)/b7-6+. The summed E-state index contributed by atoms with van der Waals surface area (Å²) < 4.78 is 0. The van der Waals surface area contributed by atoms with Crippen LogP contribution in [0.1, 0.15) is 5.56 Å². The lowest BCUT2D eigenvalue weighted by Crippen LogP contribution is -2.26. The van der Waals surface area contributed by atoms with Crippen molar-refractivity contribution in [2.24, 2.45) is 0 Å². The fourth-order valence-corrected chi connectivity index (χ4v) is 0.867. The number of hydrogen-bond donors (Lipinski definition) is 2. The molecule has 1 amide bonds. The van der Waals surface area contributed by atoms with E-state index in [-0.39, 0.29) is 0 Å². The molecule has 0 unspecified atom stereocenters. The molecule has 0 aliphatic carbocycles. The van der Waals surface area contributed by atoms with Crippen molar-refractivity contribution in [3.8, 4) is 0 Å². The van der Waals surface area contributed by atoms with E-state index in [1.807, 2.05) is 18.2 Å². The first kappa shape index (κ1) is 10.1. The van der Waals surface area contributed by atoms with Crippen molar-refractivity contribution in [3.63, 3.8) is 0 Å². The highest BCUT2D eigenvalue weighted by Crippen LogP contribution is 2.00. The van der Waals surface area contributed by atoms with Crippen molar-refractivity contribution in [3.05, 3.63) is 42.0 Å². The molecule has 0 fully saturated rings. The molecule has 0 aliphatic rings. The zero-order valence-electron chi connectivity index (χ0n) is 7.31. The topological polar surface area (TPSA) is 66.4 Å². The van der Waals surface area contributed by atoms with Gasteiger partial charge in [0, 0.05) is 0 Å². The molecule has 0 aromatic heterocycles. The van der Waals surface area contributed by atoms with Gasteiger partial charge in [-0.2, -0.15) is 0 Å². The number of carbonyl (C=O) groups excluding carboxylic acids is 2. The lowest BCUT2D eigenvalue weighted by molar-refractivity contribution is -0.140. The van der Waals surface area contributed by atoms with Crippen molar-refractivity contribution in [2.45, 2.75) is 0 Å². The average Bonchev–Trinajstić information content (AvgIpc) is 2.26. The monoisotopic (exact) mass is 191 g/mol. The maximum absolute atomic E-state index is 10.9. The molecule has 0 bridgehead atoms. The van der Waals surface area contributed by atoms with E-state index < -0.39 is 11.7 Å². The van der Waals surface area contributed by atoms with Gasteiger partial charge in [-0.25, -0.2) is 5.48 Å². The maximum atomic E-state index is 10.9. The van der Waals surface area contributed by atoms with Crippen LogP contribution in [0.4, 0.5) is 0 Å². The average molecular weight is 191 g/mol. The number of carbonyl (C=O) groups is 2. The third-order valence-corrected chi connectivity index (χ3v) is 1.55. The summed E-state index contributed by atoms with van der Waals surface area (Å²) in [6.07, 6.45) is 2.60. The SMILES string of the molecule is O=C(/C=C/c1ccccc1)C(=O)NO. The van der Waals surface area contributed by atoms with E-state index in [4.69, 9.17) is 5.21 Å². The van der Waals surface area contributed by atoms with Gasteiger partial charge in [0.2, 0.25) is 5.78 Å². The summed E-state index contributed by atoms with van der Waals surface area (Å²) in [7, 11) is 0. The van der Waals surface area contributed by atoms with Crippen LogP contribution in [0.3, 0.4) is 0 Å². The Labute approximate surface area is 80.8 Å². The second-order valence-electron chi connectivity index (χ2n) is 2.55. The quantitative estimate of drug-likeness (QED) is 0.321. The molecule has 0 aliphatic heterocycles. The highest BCUT2D eigenvalue weighted by atomic mass is 16.5. The molecule has 0 spiro atoms. The Balaban J connectivity index is 2.65. The smallest absolute Gasteiger partial charge is 0.288 e. The van der Waals surface area contributed by atoms with Crippen LogP contribution in [0.5, 0.6) is 0 Å². The van der Waals surface area contributed by atoms with Gasteiger partial charge in [-0.3, -0.25) is 14.8 Å². The van der Waals surface area contributed by atoms with Gasteiger partial charge in [0.1, 0.15) is 0 Å². The first-order valence-electron chi connectivity index (χ1n) is 3.95. The summed E-state index contributed by atoms with van der Waals surface area (Å²) in [6, 6.07) is 9.06. The predicted octanol–water partition coefficient (Wildman–Crippen LogP) is 0.774. The number of hydroxylamine groups is 1. The van der Waals surface area contributed by atoms with E-state index in [0.29, 0.717) is 0 Å². The van der Waals surface area contributed by atoms with E-state index >= 15 is 0 Å². The van der Waals surface area contributed by atoms with Gasteiger partial charge in [0.15, 0.2) is 0 Å². The van der Waals surface area contributed by atoms with Crippen LogP contribution in [0.2, 0.25) is 0 Å². The Hall–Kier alpha value is -1.94. The minimum absolute atomic E-state index is 0.795. The molecule has 0 saturated heterocycles. The maximum Gasteiger partial charge on any atom is 0.315 e. The van der Waals surface area contributed by atoms with Crippen molar-refractivity contribution in [1.82, 2.24) is 5.48 Å². The molecule has 72 valence electrons. The number of amides is 1. The molecule has 4 nitrogen and oxygen atoms in total. The molecule has 1 aromatic carbocycles. The number of benzene rings is 1. The molecule has 0 radical (unpaired) electrons. The predicted molar refractivity (Wildman–Crippen MR) is 50.4 cm³/mol. The second-order valence-corrected chi connectivity index (χ2v) is 2.55. The van der Waals surface area contributed by atoms with Gasteiger partial charge < -0.3 is 0 Å². The highest BCUT2D eigenvalue weighted by Gasteiger charge is 2.06. The van der Waals surface area contributed by atoms with Crippen molar-refractivity contribution in [1.29, 1.82) is 0 Å². The van der Waals surface area contributed by atoms with Crippen LogP contribution >= 0.6 is 0 Å². The molecular weight excluding hydrogens is 182 g/mol. The lowest BCUT2D eigenvalue weighted by Gasteiger charge is -1.92. The van der Waals surface area contributed by atoms with Gasteiger partial charge in [-0.1, -0.05) is 36.4 Å². The Bertz CT molecular complexity index is 357. The van der Waals surface area contributed by atoms with E-state index in [1.165, 1.54) is 11.6 Å². The Morgan fingerprint density at radius 2 is 1.86 bits per heavy atom. The summed E-state index contributed by atoms with van der Waals surface area (Å²) in [5.41, 5.74) is 2.07. The lowest BCUT2D eigenvalue weighted by atomic mass is 10.2. The van der Waals surface area contributed by atoms with Gasteiger partial charge in [0.05, 0.1) is 0 Å². The molecule has 0 heterocycles. The minimum Gasteiger partial charge on any atom is -0.288 e. The molecular formula is C10H9NO3. The van der Waals surface area contributed by atoms with Crippen LogP contribution in [-0.2, 0) is 9.59 Å². The fourth-order valence-electron chi connectivity index (χ4n) is 0.867. The summed E-state index contributed by atoms with van der Waals surface area (Å²) in [4.78, 5) is 21.5. The third kappa shape index (κ3) is 2.84.